The zero-order valence-corrected chi connectivity index (χ0v) is 11.2. The summed E-state index contributed by atoms with van der Waals surface area (Å²) in [6.07, 6.45) is 0. The Morgan fingerprint density at radius 1 is 1.56 bits per heavy atom. The van der Waals surface area contributed by atoms with Gasteiger partial charge in [-0.15, -0.1) is 11.3 Å². The lowest BCUT2D eigenvalue weighted by atomic mass is 10.2. The third kappa shape index (κ3) is 3.21. The highest BCUT2D eigenvalue weighted by molar-refractivity contribution is 7.13. The van der Waals surface area contributed by atoms with Gasteiger partial charge in [-0.25, -0.2) is 9.78 Å². The Balaban J connectivity index is 1.98. The molecule has 0 spiro atoms. The molecular weight excluding hydrogens is 272 g/mol. The van der Waals surface area contributed by atoms with Crippen LogP contribution in [0.3, 0.4) is 0 Å². The fourth-order valence-electron chi connectivity index (χ4n) is 1.38. The molecule has 0 unspecified atom stereocenters. The van der Waals surface area contributed by atoms with Crippen LogP contribution in [-0.4, -0.2) is 18.1 Å². The van der Waals surface area contributed by atoms with E-state index in [1.165, 1.54) is 18.4 Å². The number of esters is 1. The van der Waals surface area contributed by atoms with Crippen molar-refractivity contribution in [1.82, 2.24) is 4.98 Å². The van der Waals surface area contributed by atoms with E-state index in [9.17, 15) is 4.79 Å². The number of thiazole rings is 1. The van der Waals surface area contributed by atoms with Gasteiger partial charge in [0.25, 0.3) is 0 Å². The number of nitrogens with zero attached hydrogens (tertiary/aromatic N) is 1. The minimum Gasteiger partial charge on any atom is -0.464 e. The Hall–Kier alpha value is -1.59. The number of hydrogen-bond acceptors (Lipinski definition) is 5. The molecule has 0 radical (unpaired) electrons. The first-order valence-corrected chi connectivity index (χ1v) is 6.47. The lowest BCUT2D eigenvalue weighted by Gasteiger charge is -2.02. The summed E-state index contributed by atoms with van der Waals surface area (Å²) in [4.78, 5) is 15.3. The molecule has 0 atom stereocenters. The zero-order chi connectivity index (χ0) is 13.0. The van der Waals surface area contributed by atoms with Gasteiger partial charge in [-0.05, 0) is 17.7 Å². The Labute approximate surface area is 114 Å². The number of carbonyl (C=O) groups is 1. The van der Waals surface area contributed by atoms with Crippen LogP contribution in [0.2, 0.25) is 5.02 Å². The monoisotopic (exact) mass is 282 g/mol. The Morgan fingerprint density at radius 3 is 3.11 bits per heavy atom. The van der Waals surface area contributed by atoms with Crippen LogP contribution in [0.4, 0.5) is 5.13 Å². The zero-order valence-electron chi connectivity index (χ0n) is 9.64. The molecule has 4 nitrogen and oxygen atoms in total. The summed E-state index contributed by atoms with van der Waals surface area (Å²) >= 11 is 7.25. The first kappa shape index (κ1) is 12.9. The van der Waals surface area contributed by atoms with Gasteiger partial charge in [0.2, 0.25) is 0 Å². The average molecular weight is 283 g/mol. The van der Waals surface area contributed by atoms with E-state index < -0.39 is 5.97 Å². The summed E-state index contributed by atoms with van der Waals surface area (Å²) in [6, 6.07) is 7.56. The Morgan fingerprint density at radius 2 is 2.39 bits per heavy atom. The van der Waals surface area contributed by atoms with Crippen molar-refractivity contribution in [2.75, 3.05) is 12.4 Å². The van der Waals surface area contributed by atoms with Gasteiger partial charge in [0, 0.05) is 16.9 Å². The number of carbonyl (C=O) groups excluding carboxylic acids is 1. The third-order valence-corrected chi connectivity index (χ3v) is 3.27. The van der Waals surface area contributed by atoms with E-state index in [-0.39, 0.29) is 0 Å². The molecule has 1 N–H and O–H groups in total. The van der Waals surface area contributed by atoms with Crippen molar-refractivity contribution in [3.05, 3.63) is 45.9 Å². The summed E-state index contributed by atoms with van der Waals surface area (Å²) in [5, 5.41) is 6.16. The van der Waals surface area contributed by atoms with Crippen LogP contribution in [0.25, 0.3) is 0 Å². The molecule has 0 saturated carbocycles. The summed E-state index contributed by atoms with van der Waals surface area (Å²) in [7, 11) is 1.33. The van der Waals surface area contributed by atoms with Crippen LogP contribution < -0.4 is 5.32 Å². The molecule has 6 heteroatoms. The maximum atomic E-state index is 11.2. The van der Waals surface area contributed by atoms with Crippen molar-refractivity contribution in [2.24, 2.45) is 0 Å². The first-order valence-electron chi connectivity index (χ1n) is 5.21. The average Bonchev–Trinajstić information content (AvgIpc) is 2.84. The molecular formula is C12H11ClN2O2S. The topological polar surface area (TPSA) is 51.2 Å². The maximum Gasteiger partial charge on any atom is 0.357 e. The van der Waals surface area contributed by atoms with Gasteiger partial charge in [0.05, 0.1) is 7.11 Å². The van der Waals surface area contributed by atoms with E-state index in [4.69, 9.17) is 11.6 Å². The standard InChI is InChI=1S/C12H11ClN2O2S/c1-17-11(16)10-7-18-12(15-10)14-6-8-3-2-4-9(13)5-8/h2-5,7H,6H2,1H3,(H,14,15). The summed E-state index contributed by atoms with van der Waals surface area (Å²) in [5.41, 5.74) is 1.37. The number of methoxy groups -OCH3 is 1. The van der Waals surface area contributed by atoms with Gasteiger partial charge >= 0.3 is 5.97 Å². The highest BCUT2D eigenvalue weighted by atomic mass is 35.5. The molecule has 0 aliphatic rings. The van der Waals surface area contributed by atoms with E-state index in [0.29, 0.717) is 22.4 Å². The van der Waals surface area contributed by atoms with Gasteiger partial charge < -0.3 is 10.1 Å². The quantitative estimate of drug-likeness (QED) is 0.875. The molecule has 1 heterocycles. The van der Waals surface area contributed by atoms with Crippen LogP contribution in [0.5, 0.6) is 0 Å². The molecule has 1 aromatic heterocycles. The van der Waals surface area contributed by atoms with Crippen molar-refractivity contribution in [3.63, 3.8) is 0 Å². The number of ether oxygens (including phenoxy) is 1. The predicted octanol–water partition coefficient (Wildman–Crippen LogP) is 3.20. The number of halogens is 1. The van der Waals surface area contributed by atoms with Crippen LogP contribution in [0, 0.1) is 0 Å². The SMILES string of the molecule is COC(=O)c1csc(NCc2cccc(Cl)c2)n1. The molecule has 0 bridgehead atoms. The Bertz CT molecular complexity index is 557. The molecule has 0 aliphatic heterocycles. The van der Waals surface area contributed by atoms with Gasteiger partial charge in [-0.3, -0.25) is 0 Å². The van der Waals surface area contributed by atoms with Crippen LogP contribution in [0.1, 0.15) is 16.1 Å². The number of anilines is 1. The highest BCUT2D eigenvalue weighted by Crippen LogP contribution is 2.18. The molecule has 2 aromatic rings. The first-order chi connectivity index (χ1) is 8.69. The molecule has 18 heavy (non-hydrogen) atoms. The molecule has 2 rings (SSSR count). The molecule has 0 aliphatic carbocycles. The molecule has 0 fully saturated rings. The summed E-state index contributed by atoms with van der Waals surface area (Å²) in [5.74, 6) is -0.429. The van der Waals surface area contributed by atoms with Gasteiger partial charge in [0.1, 0.15) is 0 Å². The molecule has 0 saturated heterocycles. The molecule has 1 aromatic carbocycles. The van der Waals surface area contributed by atoms with Crippen molar-refractivity contribution in [2.45, 2.75) is 6.54 Å². The van der Waals surface area contributed by atoms with Crippen LogP contribution in [0.15, 0.2) is 29.6 Å². The second kappa shape index (κ2) is 5.84. The van der Waals surface area contributed by atoms with Crippen LogP contribution in [-0.2, 0) is 11.3 Å². The minimum atomic E-state index is -0.429. The maximum absolute atomic E-state index is 11.2. The Kier molecular flexibility index (Phi) is 4.17. The molecule has 0 amide bonds. The lowest BCUT2D eigenvalue weighted by Crippen LogP contribution is -2.03. The number of aromatic nitrogens is 1. The van der Waals surface area contributed by atoms with Crippen molar-refractivity contribution < 1.29 is 9.53 Å². The predicted molar refractivity (Wildman–Crippen MR) is 72.2 cm³/mol. The van der Waals surface area contributed by atoms with Crippen LogP contribution >= 0.6 is 22.9 Å². The normalized spacial score (nSPS) is 10.1. The van der Waals surface area contributed by atoms with E-state index in [2.05, 4.69) is 15.0 Å². The minimum absolute atomic E-state index is 0.316. The fourth-order valence-corrected chi connectivity index (χ4v) is 2.27. The fraction of sp³-hybridized carbons (Fsp3) is 0.167. The third-order valence-electron chi connectivity index (χ3n) is 2.23. The van der Waals surface area contributed by atoms with Crippen molar-refractivity contribution >= 4 is 34.0 Å². The van der Waals surface area contributed by atoms with Gasteiger partial charge in [0.15, 0.2) is 10.8 Å². The smallest absolute Gasteiger partial charge is 0.357 e. The molecule has 94 valence electrons. The van der Waals surface area contributed by atoms with E-state index in [0.717, 1.165) is 5.56 Å². The summed E-state index contributed by atoms with van der Waals surface area (Å²) < 4.78 is 4.59. The van der Waals surface area contributed by atoms with E-state index in [1.54, 1.807) is 5.38 Å². The lowest BCUT2D eigenvalue weighted by molar-refractivity contribution is 0.0595. The number of benzene rings is 1. The highest BCUT2D eigenvalue weighted by Gasteiger charge is 2.10. The van der Waals surface area contributed by atoms with Gasteiger partial charge in [-0.2, -0.15) is 0 Å². The number of hydrogen-bond donors (Lipinski definition) is 1. The van der Waals surface area contributed by atoms with Crippen molar-refractivity contribution in [1.29, 1.82) is 0 Å². The number of rotatable bonds is 4. The summed E-state index contributed by atoms with van der Waals surface area (Å²) in [6.45, 7) is 0.606. The van der Waals surface area contributed by atoms with E-state index in [1.807, 2.05) is 24.3 Å². The largest absolute Gasteiger partial charge is 0.464 e. The number of nitrogens with one attached hydrogen (secondary N) is 1. The van der Waals surface area contributed by atoms with Gasteiger partial charge in [-0.1, -0.05) is 23.7 Å². The second-order valence-electron chi connectivity index (χ2n) is 3.51. The van der Waals surface area contributed by atoms with Crippen molar-refractivity contribution in [3.8, 4) is 0 Å². The van der Waals surface area contributed by atoms with E-state index >= 15 is 0 Å². The second-order valence-corrected chi connectivity index (χ2v) is 4.81.